The normalized spacial score (nSPS) is 16.9. The maximum Gasteiger partial charge on any atom is 0.295 e. The van der Waals surface area contributed by atoms with Crippen LogP contribution in [0.2, 0.25) is 0 Å². The molecule has 2 N–H and O–H groups in total. The van der Waals surface area contributed by atoms with Gasteiger partial charge in [-0.25, -0.2) is 4.39 Å². The molecule has 1 unspecified atom stereocenters. The highest BCUT2D eigenvalue weighted by Gasteiger charge is 2.46. The van der Waals surface area contributed by atoms with E-state index in [1.54, 1.807) is 37.4 Å². The van der Waals surface area contributed by atoms with Crippen LogP contribution in [0.1, 0.15) is 22.7 Å². The lowest BCUT2D eigenvalue weighted by Crippen LogP contribution is -2.31. The minimum Gasteiger partial charge on any atom is -0.507 e. The number of amides is 1. The van der Waals surface area contributed by atoms with Crippen LogP contribution in [-0.2, 0) is 16.0 Å². The van der Waals surface area contributed by atoms with Crippen molar-refractivity contribution in [2.75, 3.05) is 20.8 Å². The molecule has 2 heterocycles. The summed E-state index contributed by atoms with van der Waals surface area (Å²) in [5.41, 5.74) is 2.47. The fourth-order valence-corrected chi connectivity index (χ4v) is 4.79. The first-order chi connectivity index (χ1) is 17.9. The number of hydrogen-bond acceptors (Lipinski definition) is 5. The van der Waals surface area contributed by atoms with Crippen molar-refractivity contribution in [3.63, 3.8) is 0 Å². The van der Waals surface area contributed by atoms with Gasteiger partial charge in [0.2, 0.25) is 0 Å². The third-order valence-electron chi connectivity index (χ3n) is 6.64. The fourth-order valence-electron chi connectivity index (χ4n) is 4.79. The third kappa shape index (κ3) is 4.42. The van der Waals surface area contributed by atoms with Gasteiger partial charge >= 0.3 is 0 Å². The van der Waals surface area contributed by atoms with Gasteiger partial charge in [-0.2, -0.15) is 0 Å². The Kier molecular flexibility index (Phi) is 6.40. The maximum atomic E-state index is 14.2. The van der Waals surface area contributed by atoms with Crippen molar-refractivity contribution in [2.45, 2.75) is 12.5 Å². The van der Waals surface area contributed by atoms with Crippen LogP contribution in [0.4, 0.5) is 4.39 Å². The number of rotatable bonds is 7. The average Bonchev–Trinajstić information content (AvgIpc) is 3.44. The first-order valence-corrected chi connectivity index (χ1v) is 11.7. The summed E-state index contributed by atoms with van der Waals surface area (Å²) >= 11 is 0. The van der Waals surface area contributed by atoms with E-state index in [2.05, 4.69) is 4.98 Å². The van der Waals surface area contributed by atoms with Gasteiger partial charge in [-0.15, -0.1) is 0 Å². The molecule has 0 aliphatic carbocycles. The van der Waals surface area contributed by atoms with E-state index in [1.807, 2.05) is 24.4 Å². The molecule has 7 nitrogen and oxygen atoms in total. The molecule has 37 heavy (non-hydrogen) atoms. The standard InChI is InChI=1S/C29H25FN2O5/c1-36-21-8-4-6-18(14-21)27(33)25-26(17-5-3-7-20(30)13-17)32(29(35)28(25)34)12-11-19-16-31-24-10-9-22(37-2)15-23(19)24/h3-10,13-16,26,31,33H,11-12H2,1-2H3/b27-25-. The fraction of sp³-hybridized carbons (Fsp3) is 0.172. The van der Waals surface area contributed by atoms with E-state index in [1.165, 1.54) is 30.2 Å². The number of nitrogens with zero attached hydrogens (tertiary/aromatic N) is 1. The Morgan fingerprint density at radius 3 is 2.51 bits per heavy atom. The number of aliphatic hydroxyl groups is 1. The number of ketones is 1. The molecule has 0 saturated carbocycles. The molecular formula is C29H25FN2O5. The average molecular weight is 501 g/mol. The Balaban J connectivity index is 1.56. The third-order valence-corrected chi connectivity index (χ3v) is 6.64. The SMILES string of the molecule is COc1cccc(/C(O)=C2/C(=O)C(=O)N(CCc3c[nH]c4ccc(OC)cc34)C2c2cccc(F)c2)c1. The summed E-state index contributed by atoms with van der Waals surface area (Å²) in [5, 5.41) is 12.1. The van der Waals surface area contributed by atoms with E-state index >= 15 is 0 Å². The monoisotopic (exact) mass is 500 g/mol. The van der Waals surface area contributed by atoms with Gasteiger partial charge in [0.15, 0.2) is 0 Å². The summed E-state index contributed by atoms with van der Waals surface area (Å²) in [4.78, 5) is 31.1. The molecule has 1 aliphatic rings. The Morgan fingerprint density at radius 2 is 1.76 bits per heavy atom. The number of hydrogen-bond donors (Lipinski definition) is 2. The highest BCUT2D eigenvalue weighted by atomic mass is 19.1. The lowest BCUT2D eigenvalue weighted by atomic mass is 9.95. The van der Waals surface area contributed by atoms with Crippen molar-refractivity contribution in [1.82, 2.24) is 9.88 Å². The van der Waals surface area contributed by atoms with Crippen molar-refractivity contribution in [3.8, 4) is 11.5 Å². The molecule has 1 saturated heterocycles. The van der Waals surface area contributed by atoms with Crippen molar-refractivity contribution >= 4 is 28.4 Å². The number of aliphatic hydroxyl groups excluding tert-OH is 1. The number of benzene rings is 3. The molecule has 188 valence electrons. The van der Waals surface area contributed by atoms with Gasteiger partial charge in [-0.05, 0) is 60.0 Å². The van der Waals surface area contributed by atoms with Gasteiger partial charge in [0.25, 0.3) is 11.7 Å². The number of halogens is 1. The van der Waals surface area contributed by atoms with Gasteiger partial charge in [0.1, 0.15) is 23.1 Å². The Hall–Kier alpha value is -4.59. The van der Waals surface area contributed by atoms with E-state index < -0.39 is 23.5 Å². The topological polar surface area (TPSA) is 91.9 Å². The van der Waals surface area contributed by atoms with E-state index in [9.17, 15) is 19.1 Å². The number of ether oxygens (including phenoxy) is 2. The van der Waals surface area contributed by atoms with Gasteiger partial charge in [-0.1, -0.05) is 24.3 Å². The molecule has 3 aromatic carbocycles. The summed E-state index contributed by atoms with van der Waals surface area (Å²) < 4.78 is 24.8. The zero-order valence-electron chi connectivity index (χ0n) is 20.3. The molecule has 1 aromatic heterocycles. The molecule has 1 amide bonds. The minimum atomic E-state index is -0.957. The molecule has 1 atom stereocenters. The molecule has 8 heteroatoms. The van der Waals surface area contributed by atoms with Crippen LogP contribution in [0.25, 0.3) is 16.7 Å². The lowest BCUT2D eigenvalue weighted by molar-refractivity contribution is -0.139. The van der Waals surface area contributed by atoms with Crippen LogP contribution < -0.4 is 9.47 Å². The number of aromatic nitrogens is 1. The number of Topliss-reactive ketones (excluding diaryl/α,β-unsaturated/α-hetero) is 1. The van der Waals surface area contributed by atoms with E-state index in [-0.39, 0.29) is 17.9 Å². The smallest absolute Gasteiger partial charge is 0.295 e. The molecule has 4 aromatic rings. The van der Waals surface area contributed by atoms with Crippen LogP contribution in [0, 0.1) is 5.82 Å². The van der Waals surface area contributed by atoms with Gasteiger partial charge in [0.05, 0.1) is 25.8 Å². The quantitative estimate of drug-likeness (QED) is 0.212. The number of fused-ring (bicyclic) bond motifs is 1. The second-order valence-electron chi connectivity index (χ2n) is 8.75. The van der Waals surface area contributed by atoms with Crippen LogP contribution >= 0.6 is 0 Å². The van der Waals surface area contributed by atoms with Crippen molar-refractivity contribution in [1.29, 1.82) is 0 Å². The summed E-state index contributed by atoms with van der Waals surface area (Å²) in [6, 6.07) is 17.0. The summed E-state index contributed by atoms with van der Waals surface area (Å²) in [6.07, 6.45) is 2.28. The number of carbonyl (C=O) groups is 2. The molecular weight excluding hydrogens is 475 g/mol. The van der Waals surface area contributed by atoms with Crippen LogP contribution in [0.5, 0.6) is 11.5 Å². The number of likely N-dealkylation sites (tertiary alicyclic amines) is 1. The lowest BCUT2D eigenvalue weighted by Gasteiger charge is -2.25. The summed E-state index contributed by atoms with van der Waals surface area (Å²) in [7, 11) is 3.08. The zero-order chi connectivity index (χ0) is 26.1. The molecule has 0 radical (unpaired) electrons. The van der Waals surface area contributed by atoms with E-state index in [0.717, 1.165) is 16.5 Å². The Bertz CT molecular complexity index is 1540. The van der Waals surface area contributed by atoms with Crippen LogP contribution in [0.15, 0.2) is 78.5 Å². The van der Waals surface area contributed by atoms with Gasteiger partial charge in [0, 0.05) is 29.2 Å². The van der Waals surface area contributed by atoms with E-state index in [0.29, 0.717) is 29.0 Å². The molecule has 1 fully saturated rings. The number of aromatic amines is 1. The number of H-pyrrole nitrogens is 1. The molecule has 1 aliphatic heterocycles. The predicted octanol–water partition coefficient (Wildman–Crippen LogP) is 4.99. The summed E-state index contributed by atoms with van der Waals surface area (Å²) in [6.45, 7) is 0.171. The zero-order valence-corrected chi connectivity index (χ0v) is 20.3. The first kappa shape index (κ1) is 24.1. The molecule has 0 bridgehead atoms. The summed E-state index contributed by atoms with van der Waals surface area (Å²) in [5.74, 6) is -1.24. The second-order valence-corrected chi connectivity index (χ2v) is 8.75. The van der Waals surface area contributed by atoms with Crippen LogP contribution in [0.3, 0.4) is 0 Å². The van der Waals surface area contributed by atoms with Crippen molar-refractivity contribution in [2.24, 2.45) is 0 Å². The highest BCUT2D eigenvalue weighted by molar-refractivity contribution is 6.46. The van der Waals surface area contributed by atoms with Gasteiger partial charge in [-0.3, -0.25) is 9.59 Å². The first-order valence-electron chi connectivity index (χ1n) is 11.7. The Labute approximate surface area is 212 Å². The molecule has 5 rings (SSSR count). The number of nitrogens with one attached hydrogen (secondary N) is 1. The van der Waals surface area contributed by atoms with Gasteiger partial charge < -0.3 is 24.5 Å². The minimum absolute atomic E-state index is 0.0931. The van der Waals surface area contributed by atoms with Crippen molar-refractivity contribution < 1.29 is 28.6 Å². The number of methoxy groups -OCH3 is 2. The predicted molar refractivity (Wildman–Crippen MR) is 137 cm³/mol. The maximum absolute atomic E-state index is 14.2. The molecule has 0 spiro atoms. The van der Waals surface area contributed by atoms with Crippen molar-refractivity contribution in [3.05, 3.63) is 101 Å². The van der Waals surface area contributed by atoms with E-state index in [4.69, 9.17) is 9.47 Å². The Morgan fingerprint density at radius 1 is 1.00 bits per heavy atom. The van der Waals surface area contributed by atoms with Crippen LogP contribution in [-0.4, -0.2) is 47.4 Å². The second kappa shape index (κ2) is 9.81. The highest BCUT2D eigenvalue weighted by Crippen LogP contribution is 2.40. The largest absolute Gasteiger partial charge is 0.507 e. The number of carbonyl (C=O) groups excluding carboxylic acids is 2.